The van der Waals surface area contributed by atoms with E-state index in [2.05, 4.69) is 107 Å². The largest absolute Gasteiger partial charge is 0.449 e. The third-order valence-electron chi connectivity index (χ3n) is 8.58. The fourth-order valence-electron chi connectivity index (χ4n) is 6.35. The van der Waals surface area contributed by atoms with E-state index in [1.807, 2.05) is 0 Å². The van der Waals surface area contributed by atoms with Crippen LogP contribution in [0.3, 0.4) is 0 Å². The van der Waals surface area contributed by atoms with Crippen molar-refractivity contribution in [1.82, 2.24) is 0 Å². The summed E-state index contributed by atoms with van der Waals surface area (Å²) >= 11 is 0. The van der Waals surface area contributed by atoms with Crippen molar-refractivity contribution in [1.29, 1.82) is 0 Å². The van der Waals surface area contributed by atoms with Gasteiger partial charge in [-0.2, -0.15) is 0 Å². The summed E-state index contributed by atoms with van der Waals surface area (Å²) < 4.78 is 6.14. The van der Waals surface area contributed by atoms with Gasteiger partial charge in [-0.25, -0.2) is 0 Å². The van der Waals surface area contributed by atoms with Crippen LogP contribution in [0.1, 0.15) is 101 Å². The topological polar surface area (TPSA) is 29.5 Å². The summed E-state index contributed by atoms with van der Waals surface area (Å²) in [6.07, 6.45) is 13.5. The highest BCUT2D eigenvalue weighted by Gasteiger charge is 2.25. The van der Waals surface area contributed by atoms with Crippen LogP contribution < -0.4 is 4.52 Å². The van der Waals surface area contributed by atoms with Gasteiger partial charge in [-0.15, -0.1) is 0 Å². The van der Waals surface area contributed by atoms with Crippen LogP contribution in [0.4, 0.5) is 0 Å². The normalized spacial score (nSPS) is 11.5. The summed E-state index contributed by atoms with van der Waals surface area (Å²) in [4.78, 5) is 10.1. The van der Waals surface area contributed by atoms with Crippen molar-refractivity contribution in [2.45, 2.75) is 105 Å². The van der Waals surface area contributed by atoms with E-state index in [0.29, 0.717) is 0 Å². The molecule has 228 valence electrons. The number of hydrogen-bond acceptors (Lipinski definition) is 2. The van der Waals surface area contributed by atoms with E-state index >= 15 is 0 Å². The van der Waals surface area contributed by atoms with Gasteiger partial charge in [0.2, 0.25) is 9.03 Å². The number of rotatable bonds is 17. The molecule has 1 unspecified atom stereocenters. The van der Waals surface area contributed by atoms with Crippen LogP contribution >= 0.6 is 9.03 Å². The van der Waals surface area contributed by atoms with Crippen molar-refractivity contribution in [2.75, 3.05) is 0 Å². The predicted octanol–water partition coefficient (Wildman–Crippen LogP) is 11.9. The minimum atomic E-state index is -0.616. The zero-order valence-corrected chi connectivity index (χ0v) is 27.8. The first kappa shape index (κ1) is 33.0. The molecule has 2 nitrogen and oxygen atoms in total. The zero-order valence-electron chi connectivity index (χ0n) is 26.8. The minimum absolute atomic E-state index is 0.616. The molecule has 4 aromatic rings. The van der Waals surface area contributed by atoms with Crippen LogP contribution in [0.5, 0.6) is 5.75 Å². The van der Waals surface area contributed by atoms with Gasteiger partial charge in [0.1, 0.15) is 5.75 Å². The Hall–Kier alpha value is -2.93. The first-order chi connectivity index (χ1) is 21.2. The molecule has 0 bridgehead atoms. The van der Waals surface area contributed by atoms with Gasteiger partial charge in [0, 0.05) is 11.1 Å². The minimum Gasteiger partial charge on any atom is -0.449 e. The molecule has 0 saturated heterocycles. The molecule has 0 amide bonds. The highest BCUT2D eigenvalue weighted by molar-refractivity contribution is 7.25. The van der Waals surface area contributed by atoms with Crippen molar-refractivity contribution in [3.05, 3.63) is 101 Å². The van der Waals surface area contributed by atoms with Gasteiger partial charge in [-0.3, -0.25) is 0 Å². The molecular formula is C40H51O2P. The predicted molar refractivity (Wildman–Crippen MR) is 188 cm³/mol. The molecule has 4 rings (SSSR count). The molecular weight excluding hydrogens is 543 g/mol. The van der Waals surface area contributed by atoms with Gasteiger partial charge in [-0.05, 0) is 108 Å². The molecule has 0 aliphatic carbocycles. The molecule has 4 aromatic carbocycles. The summed E-state index contributed by atoms with van der Waals surface area (Å²) in [5.74, 6) is 0.770. The summed E-state index contributed by atoms with van der Waals surface area (Å²) in [6, 6.07) is 29.1. The average molecular weight is 595 g/mol. The van der Waals surface area contributed by atoms with E-state index in [0.717, 1.165) is 62.7 Å². The zero-order chi connectivity index (χ0) is 30.4. The number of unbranched alkanes of at least 4 members (excludes halogenated alkanes) is 4. The molecule has 0 aliphatic heterocycles. The molecule has 1 N–H and O–H groups in total. The van der Waals surface area contributed by atoms with Crippen molar-refractivity contribution in [2.24, 2.45) is 0 Å². The molecule has 0 fully saturated rings. The maximum absolute atomic E-state index is 10.1. The van der Waals surface area contributed by atoms with Gasteiger partial charge in [-0.1, -0.05) is 120 Å². The van der Waals surface area contributed by atoms with Crippen LogP contribution in [0.15, 0.2) is 78.9 Å². The highest BCUT2D eigenvalue weighted by atomic mass is 31.1. The molecule has 0 spiro atoms. The molecule has 3 heteroatoms. The fraction of sp³-hybridized carbons (Fsp3) is 0.400. The Bertz CT molecular complexity index is 1370. The second-order valence-electron chi connectivity index (χ2n) is 11.7. The Morgan fingerprint density at radius 1 is 0.488 bits per heavy atom. The Kier molecular flexibility index (Phi) is 13.3. The van der Waals surface area contributed by atoms with Crippen molar-refractivity contribution in [3.63, 3.8) is 0 Å². The Morgan fingerprint density at radius 2 is 0.953 bits per heavy atom. The molecule has 0 radical (unpaired) electrons. The monoisotopic (exact) mass is 594 g/mol. The third kappa shape index (κ3) is 8.17. The molecule has 0 heterocycles. The summed E-state index contributed by atoms with van der Waals surface area (Å²) in [5, 5.41) is 0. The second-order valence-corrected chi connectivity index (χ2v) is 12.1. The average Bonchev–Trinajstić information content (AvgIpc) is 3.05. The fourth-order valence-corrected chi connectivity index (χ4v) is 6.62. The van der Waals surface area contributed by atoms with E-state index < -0.39 is 9.03 Å². The van der Waals surface area contributed by atoms with E-state index in [1.54, 1.807) is 0 Å². The van der Waals surface area contributed by atoms with Gasteiger partial charge >= 0.3 is 0 Å². The van der Waals surface area contributed by atoms with E-state index in [4.69, 9.17) is 4.52 Å². The van der Waals surface area contributed by atoms with Crippen LogP contribution in [-0.4, -0.2) is 4.89 Å². The third-order valence-corrected chi connectivity index (χ3v) is 8.89. The van der Waals surface area contributed by atoms with E-state index in [-0.39, 0.29) is 0 Å². The van der Waals surface area contributed by atoms with Crippen molar-refractivity contribution < 1.29 is 9.42 Å². The Balaban J connectivity index is 2.16. The van der Waals surface area contributed by atoms with Crippen molar-refractivity contribution in [3.8, 4) is 39.1 Å². The van der Waals surface area contributed by atoms with E-state index in [1.165, 1.54) is 75.8 Å². The molecule has 0 saturated carbocycles. The van der Waals surface area contributed by atoms with Gasteiger partial charge in [0.15, 0.2) is 0 Å². The highest BCUT2D eigenvalue weighted by Crippen LogP contribution is 2.50. The lowest BCUT2D eigenvalue weighted by molar-refractivity contribution is 0.515. The maximum atomic E-state index is 10.1. The molecule has 0 aliphatic rings. The maximum Gasteiger partial charge on any atom is 0.212 e. The van der Waals surface area contributed by atoms with Crippen LogP contribution in [0, 0.1) is 0 Å². The lowest BCUT2D eigenvalue weighted by Gasteiger charge is -2.25. The summed E-state index contributed by atoms with van der Waals surface area (Å²) in [6.45, 7) is 9.09. The molecule has 0 aromatic heterocycles. The molecule has 1 atom stereocenters. The Labute approximate surface area is 262 Å². The SMILES string of the molecule is CCCCc1cccc(CCCC)c1-c1ccc(OPO)c(-c2c(CCCC)cccc2CCCC)c1-c1ccccc1. The lowest BCUT2D eigenvalue weighted by Crippen LogP contribution is -2.04. The molecule has 43 heavy (non-hydrogen) atoms. The van der Waals surface area contributed by atoms with Crippen LogP contribution in [0.2, 0.25) is 0 Å². The van der Waals surface area contributed by atoms with Gasteiger partial charge < -0.3 is 9.42 Å². The lowest BCUT2D eigenvalue weighted by atomic mass is 9.80. The van der Waals surface area contributed by atoms with Gasteiger partial charge in [0.25, 0.3) is 0 Å². The first-order valence-corrected chi connectivity index (χ1v) is 17.5. The standard InChI is InChI=1S/C40H51O2P/c1-5-9-18-30-24-16-25-31(19-10-6-2)37(30)35-28-29-36(42-43-41)40(39(35)34-22-14-13-15-23-34)38-32(20-11-7-3)26-17-27-33(38)21-12-8-4/h13-17,22-29,41,43H,5-12,18-21H2,1-4H3. The first-order valence-electron chi connectivity index (χ1n) is 16.7. The number of benzene rings is 4. The number of hydrogen-bond donors (Lipinski definition) is 1. The van der Waals surface area contributed by atoms with Crippen LogP contribution in [-0.2, 0) is 25.7 Å². The summed E-state index contributed by atoms with van der Waals surface area (Å²) in [5.41, 5.74) is 13.1. The van der Waals surface area contributed by atoms with Crippen molar-refractivity contribution >= 4 is 9.03 Å². The smallest absolute Gasteiger partial charge is 0.212 e. The van der Waals surface area contributed by atoms with Crippen LogP contribution in [0.25, 0.3) is 33.4 Å². The van der Waals surface area contributed by atoms with E-state index in [9.17, 15) is 4.89 Å². The second kappa shape index (κ2) is 17.4. The quantitative estimate of drug-likeness (QED) is 0.123. The van der Waals surface area contributed by atoms with Gasteiger partial charge in [0.05, 0.1) is 0 Å². The number of aryl methyl sites for hydroxylation is 4. The Morgan fingerprint density at radius 3 is 1.40 bits per heavy atom. The summed E-state index contributed by atoms with van der Waals surface area (Å²) in [7, 11) is -0.616.